The van der Waals surface area contributed by atoms with Crippen LogP contribution in [0.5, 0.6) is 11.5 Å². The fraction of sp³-hybridized carbons (Fsp3) is 0.300. The summed E-state index contributed by atoms with van der Waals surface area (Å²) in [6, 6.07) is 12.8. The first-order chi connectivity index (χ1) is 12.5. The molecule has 0 unspecified atom stereocenters. The molecule has 0 radical (unpaired) electrons. The van der Waals surface area contributed by atoms with Crippen LogP contribution in [0.4, 0.5) is 5.69 Å². The fourth-order valence-corrected chi connectivity index (χ4v) is 2.82. The van der Waals surface area contributed by atoms with Gasteiger partial charge in [-0.05, 0) is 43.2 Å². The number of anilines is 1. The largest absolute Gasteiger partial charge is 0.483 e. The van der Waals surface area contributed by atoms with Crippen molar-refractivity contribution in [3.8, 4) is 11.5 Å². The Morgan fingerprint density at radius 1 is 1.15 bits per heavy atom. The van der Waals surface area contributed by atoms with E-state index in [9.17, 15) is 9.59 Å². The van der Waals surface area contributed by atoms with Crippen LogP contribution in [0.15, 0.2) is 42.5 Å². The van der Waals surface area contributed by atoms with Crippen LogP contribution < -0.4 is 14.4 Å². The van der Waals surface area contributed by atoms with Gasteiger partial charge in [-0.3, -0.25) is 4.79 Å². The number of methoxy groups -OCH3 is 1. The number of rotatable bonds is 4. The number of carbonyl (C=O) groups excluding carboxylic acids is 2. The predicted molar refractivity (Wildman–Crippen MR) is 96.6 cm³/mol. The summed E-state index contributed by atoms with van der Waals surface area (Å²) in [7, 11) is 1.29. The van der Waals surface area contributed by atoms with E-state index in [2.05, 4.69) is 0 Å². The first-order valence-corrected chi connectivity index (χ1v) is 8.34. The number of esters is 1. The molecule has 1 atom stereocenters. The van der Waals surface area contributed by atoms with Crippen LogP contribution in [0.25, 0.3) is 0 Å². The molecule has 0 saturated carbocycles. The lowest BCUT2D eigenvalue weighted by Crippen LogP contribution is -2.48. The van der Waals surface area contributed by atoms with Crippen LogP contribution >= 0.6 is 0 Å². The summed E-state index contributed by atoms with van der Waals surface area (Å²) in [5.41, 5.74) is 2.70. The van der Waals surface area contributed by atoms with Gasteiger partial charge in [0.25, 0.3) is 5.91 Å². The lowest BCUT2D eigenvalue weighted by atomic mass is 10.1. The minimum absolute atomic E-state index is 0.0820. The molecule has 1 amide bonds. The smallest absolute Gasteiger partial charge is 0.348 e. The number of hydrogen-bond acceptors (Lipinski definition) is 5. The summed E-state index contributed by atoms with van der Waals surface area (Å²) in [4.78, 5) is 26.2. The highest BCUT2D eigenvalue weighted by Gasteiger charge is 2.34. The number of nitrogens with zero attached hydrogens (tertiary/aromatic N) is 1. The zero-order valence-electron chi connectivity index (χ0n) is 15.0. The zero-order chi connectivity index (χ0) is 18.7. The Hall–Kier alpha value is -3.02. The van der Waals surface area contributed by atoms with Gasteiger partial charge in [0.2, 0.25) is 6.10 Å². The number of amides is 1. The molecule has 2 aromatic rings. The van der Waals surface area contributed by atoms with Crippen LogP contribution in [-0.2, 0) is 14.3 Å². The Morgan fingerprint density at radius 2 is 1.92 bits per heavy atom. The van der Waals surface area contributed by atoms with E-state index in [0.29, 0.717) is 17.2 Å². The van der Waals surface area contributed by atoms with Crippen molar-refractivity contribution in [2.45, 2.75) is 20.0 Å². The molecule has 0 aromatic heterocycles. The Balaban J connectivity index is 1.79. The minimum atomic E-state index is -0.862. The summed E-state index contributed by atoms with van der Waals surface area (Å²) in [5.74, 6) is 0.363. The molecule has 0 saturated heterocycles. The van der Waals surface area contributed by atoms with Gasteiger partial charge in [0.05, 0.1) is 19.3 Å². The van der Waals surface area contributed by atoms with E-state index >= 15 is 0 Å². The van der Waals surface area contributed by atoms with E-state index in [-0.39, 0.29) is 19.1 Å². The van der Waals surface area contributed by atoms with Crippen molar-refractivity contribution in [3.63, 3.8) is 0 Å². The standard InChI is InChI=1S/C20H21NO5/c1-13-7-6-10-16(14(13)2)25-12-19(22)21-11-18(20(23)24-3)26-17-9-5-4-8-15(17)21/h4-10,18H,11-12H2,1-3H3/t18-/m1/s1. The highest BCUT2D eigenvalue weighted by molar-refractivity contribution is 5.97. The molecule has 0 N–H and O–H groups in total. The molecule has 0 bridgehead atoms. The van der Waals surface area contributed by atoms with Gasteiger partial charge in [0.1, 0.15) is 11.5 Å². The van der Waals surface area contributed by atoms with Crippen LogP contribution in [0.2, 0.25) is 0 Å². The molecule has 0 spiro atoms. The van der Waals surface area contributed by atoms with Crippen molar-refractivity contribution in [2.75, 3.05) is 25.2 Å². The SMILES string of the molecule is COC(=O)[C@H]1CN(C(=O)COc2cccc(C)c2C)c2ccccc2O1. The average molecular weight is 355 g/mol. The molecule has 0 aliphatic carbocycles. The molecule has 136 valence electrons. The van der Waals surface area contributed by atoms with Crippen molar-refractivity contribution in [1.82, 2.24) is 0 Å². The number of aryl methyl sites for hydroxylation is 1. The molecule has 26 heavy (non-hydrogen) atoms. The van der Waals surface area contributed by atoms with E-state index < -0.39 is 12.1 Å². The van der Waals surface area contributed by atoms with Crippen molar-refractivity contribution in [3.05, 3.63) is 53.6 Å². The Morgan fingerprint density at radius 3 is 2.69 bits per heavy atom. The van der Waals surface area contributed by atoms with E-state index in [1.54, 1.807) is 18.2 Å². The summed E-state index contributed by atoms with van der Waals surface area (Å²) < 4.78 is 16.1. The van der Waals surface area contributed by atoms with Crippen molar-refractivity contribution >= 4 is 17.6 Å². The summed E-state index contributed by atoms with van der Waals surface area (Å²) >= 11 is 0. The second kappa shape index (κ2) is 7.47. The van der Waals surface area contributed by atoms with Gasteiger partial charge in [-0.2, -0.15) is 0 Å². The summed E-state index contributed by atoms with van der Waals surface area (Å²) in [5, 5.41) is 0. The van der Waals surface area contributed by atoms with Crippen molar-refractivity contribution < 1.29 is 23.8 Å². The van der Waals surface area contributed by atoms with Gasteiger partial charge in [-0.25, -0.2) is 4.79 Å². The highest BCUT2D eigenvalue weighted by atomic mass is 16.6. The summed E-state index contributed by atoms with van der Waals surface area (Å²) in [6.45, 7) is 3.89. The van der Waals surface area contributed by atoms with Gasteiger partial charge in [-0.15, -0.1) is 0 Å². The van der Waals surface area contributed by atoms with Gasteiger partial charge >= 0.3 is 5.97 Å². The Bertz CT molecular complexity index is 833. The van der Waals surface area contributed by atoms with Crippen LogP contribution in [0.3, 0.4) is 0 Å². The molecule has 3 rings (SSSR count). The van der Waals surface area contributed by atoms with E-state index in [4.69, 9.17) is 14.2 Å². The number of hydrogen-bond donors (Lipinski definition) is 0. The molecule has 1 heterocycles. The Kier molecular flexibility index (Phi) is 5.11. The lowest BCUT2D eigenvalue weighted by Gasteiger charge is -2.33. The number of ether oxygens (including phenoxy) is 3. The highest BCUT2D eigenvalue weighted by Crippen LogP contribution is 2.33. The second-order valence-electron chi connectivity index (χ2n) is 6.09. The molecule has 6 nitrogen and oxygen atoms in total. The first-order valence-electron chi connectivity index (χ1n) is 8.34. The van der Waals surface area contributed by atoms with Gasteiger partial charge in [0.15, 0.2) is 6.61 Å². The molecule has 1 aliphatic rings. The van der Waals surface area contributed by atoms with Crippen LogP contribution in [0.1, 0.15) is 11.1 Å². The average Bonchev–Trinajstić information content (AvgIpc) is 2.67. The molecular weight excluding hydrogens is 334 g/mol. The fourth-order valence-electron chi connectivity index (χ4n) is 2.82. The van der Waals surface area contributed by atoms with Crippen molar-refractivity contribution in [1.29, 1.82) is 0 Å². The van der Waals surface area contributed by atoms with Crippen LogP contribution in [-0.4, -0.2) is 38.2 Å². The first kappa shape index (κ1) is 17.8. The third-order valence-corrected chi connectivity index (χ3v) is 4.44. The Labute approximate surface area is 152 Å². The lowest BCUT2D eigenvalue weighted by molar-refractivity contribution is -0.148. The topological polar surface area (TPSA) is 65.1 Å². The third kappa shape index (κ3) is 3.49. The zero-order valence-corrected chi connectivity index (χ0v) is 15.0. The molecule has 2 aromatic carbocycles. The maximum Gasteiger partial charge on any atom is 0.348 e. The van der Waals surface area contributed by atoms with E-state index in [1.165, 1.54) is 12.0 Å². The van der Waals surface area contributed by atoms with Crippen LogP contribution in [0, 0.1) is 13.8 Å². The molecule has 0 fully saturated rings. The maximum atomic E-state index is 12.8. The number of benzene rings is 2. The monoisotopic (exact) mass is 355 g/mol. The predicted octanol–water partition coefficient (Wildman–Crippen LogP) is 2.65. The van der Waals surface area contributed by atoms with E-state index in [1.807, 2.05) is 38.1 Å². The second-order valence-corrected chi connectivity index (χ2v) is 6.09. The minimum Gasteiger partial charge on any atom is -0.483 e. The molecule has 6 heteroatoms. The maximum absolute atomic E-state index is 12.8. The number of para-hydroxylation sites is 2. The van der Waals surface area contributed by atoms with Gasteiger partial charge < -0.3 is 19.1 Å². The number of fused-ring (bicyclic) bond motifs is 1. The quantitative estimate of drug-likeness (QED) is 0.789. The molecular formula is C20H21NO5. The van der Waals surface area contributed by atoms with E-state index in [0.717, 1.165) is 11.1 Å². The summed E-state index contributed by atoms with van der Waals surface area (Å²) in [6.07, 6.45) is -0.862. The third-order valence-electron chi connectivity index (χ3n) is 4.44. The normalized spacial score (nSPS) is 15.7. The number of carbonyl (C=O) groups is 2. The van der Waals surface area contributed by atoms with Gasteiger partial charge in [0, 0.05) is 0 Å². The van der Waals surface area contributed by atoms with Crippen molar-refractivity contribution in [2.24, 2.45) is 0 Å². The van der Waals surface area contributed by atoms with Gasteiger partial charge in [-0.1, -0.05) is 24.3 Å². The molecule has 1 aliphatic heterocycles.